The van der Waals surface area contributed by atoms with E-state index in [-0.39, 0.29) is 33.6 Å². The molecule has 0 fully saturated rings. The molecule has 0 aliphatic rings. The van der Waals surface area contributed by atoms with Crippen LogP contribution in [0.5, 0.6) is 0 Å². The lowest BCUT2D eigenvalue weighted by Crippen LogP contribution is -2.53. The maximum absolute atomic E-state index is 14.4. The van der Waals surface area contributed by atoms with Crippen LogP contribution in [0.4, 0.5) is 10.1 Å². The van der Waals surface area contributed by atoms with Gasteiger partial charge >= 0.3 is 0 Å². The Labute approximate surface area is 267 Å². The average molecular weight is 657 g/mol. The van der Waals surface area contributed by atoms with E-state index in [1.165, 1.54) is 59.5 Å². The number of benzene rings is 4. The van der Waals surface area contributed by atoms with Crippen LogP contribution in [0.15, 0.2) is 108 Å². The van der Waals surface area contributed by atoms with Crippen molar-refractivity contribution in [2.24, 2.45) is 0 Å². The van der Waals surface area contributed by atoms with Crippen LogP contribution >= 0.6 is 23.2 Å². The first-order valence-corrected chi connectivity index (χ1v) is 16.2. The van der Waals surface area contributed by atoms with E-state index in [2.05, 4.69) is 5.32 Å². The van der Waals surface area contributed by atoms with Gasteiger partial charge in [0.1, 0.15) is 18.4 Å². The molecule has 4 rings (SSSR count). The Morgan fingerprint density at radius 3 is 2.02 bits per heavy atom. The number of carbonyl (C=O) groups is 2. The van der Waals surface area contributed by atoms with Crippen LogP contribution in [-0.2, 0) is 32.6 Å². The van der Waals surface area contributed by atoms with E-state index in [1.807, 2.05) is 37.3 Å². The van der Waals surface area contributed by atoms with Crippen molar-refractivity contribution in [2.75, 3.05) is 17.4 Å². The molecule has 2 amide bonds. The van der Waals surface area contributed by atoms with Crippen LogP contribution in [-0.4, -0.2) is 44.3 Å². The predicted octanol–water partition coefficient (Wildman–Crippen LogP) is 6.49. The molecule has 11 heteroatoms. The summed E-state index contributed by atoms with van der Waals surface area (Å²) in [6.45, 7) is 1.56. The average Bonchev–Trinajstić information content (AvgIpc) is 3.01. The molecule has 4 aromatic carbocycles. The van der Waals surface area contributed by atoms with Crippen molar-refractivity contribution in [2.45, 2.75) is 37.2 Å². The Morgan fingerprint density at radius 2 is 1.43 bits per heavy atom. The van der Waals surface area contributed by atoms with Crippen molar-refractivity contribution in [1.82, 2.24) is 10.2 Å². The van der Waals surface area contributed by atoms with Gasteiger partial charge in [0.15, 0.2) is 0 Å². The number of hydrogen-bond acceptors (Lipinski definition) is 4. The smallest absolute Gasteiger partial charge is 0.264 e. The number of anilines is 1. The first kappa shape index (κ1) is 33.0. The van der Waals surface area contributed by atoms with Gasteiger partial charge in [-0.25, -0.2) is 12.8 Å². The van der Waals surface area contributed by atoms with Gasteiger partial charge in [-0.05, 0) is 60.0 Å². The maximum Gasteiger partial charge on any atom is 0.264 e. The Morgan fingerprint density at radius 1 is 0.841 bits per heavy atom. The number of nitrogens with one attached hydrogen (secondary N) is 1. The summed E-state index contributed by atoms with van der Waals surface area (Å²) < 4.78 is 42.7. The van der Waals surface area contributed by atoms with Crippen LogP contribution in [0.25, 0.3) is 0 Å². The van der Waals surface area contributed by atoms with Gasteiger partial charge in [0.25, 0.3) is 10.0 Å². The highest BCUT2D eigenvalue weighted by Crippen LogP contribution is 2.30. The minimum Gasteiger partial charge on any atom is -0.354 e. The number of amides is 2. The fraction of sp³-hybridized carbons (Fsp3) is 0.212. The largest absolute Gasteiger partial charge is 0.354 e. The van der Waals surface area contributed by atoms with Gasteiger partial charge in [0, 0.05) is 29.6 Å². The van der Waals surface area contributed by atoms with Crippen molar-refractivity contribution in [3.63, 3.8) is 0 Å². The zero-order valence-corrected chi connectivity index (χ0v) is 26.3. The molecule has 0 radical (unpaired) electrons. The molecule has 4 aromatic rings. The highest BCUT2D eigenvalue weighted by molar-refractivity contribution is 7.92. The number of sulfonamides is 1. The maximum atomic E-state index is 14.4. The van der Waals surface area contributed by atoms with Gasteiger partial charge in [-0.3, -0.25) is 13.9 Å². The molecule has 0 heterocycles. The number of carbonyl (C=O) groups excluding carboxylic acids is 2. The van der Waals surface area contributed by atoms with Gasteiger partial charge in [-0.2, -0.15) is 0 Å². The second-order valence-electron chi connectivity index (χ2n) is 10.1. The van der Waals surface area contributed by atoms with Gasteiger partial charge in [-0.15, -0.1) is 0 Å². The summed E-state index contributed by atoms with van der Waals surface area (Å²) >= 11 is 12.5. The van der Waals surface area contributed by atoms with Crippen molar-refractivity contribution in [3.8, 4) is 0 Å². The standard InChI is InChI=1S/C33H32Cl2FN3O4S/c1-2-17-37-33(41)31(18-24-9-5-3-6-10-24)38(22-25-13-15-28(36)16-14-25)32(40)23-39(29-20-26(34)19-27(35)21-29)44(42,43)30-11-7-4-8-12-30/h3-16,19-21,31H,2,17-18,22-23H2,1H3,(H,37,41). The zero-order chi connectivity index (χ0) is 31.7. The zero-order valence-electron chi connectivity index (χ0n) is 24.0. The van der Waals surface area contributed by atoms with Gasteiger partial charge in [0.2, 0.25) is 11.8 Å². The van der Waals surface area contributed by atoms with Crippen molar-refractivity contribution in [3.05, 3.63) is 130 Å². The molecule has 1 N–H and O–H groups in total. The highest BCUT2D eigenvalue weighted by Gasteiger charge is 2.34. The molecule has 1 atom stereocenters. The van der Waals surface area contributed by atoms with Crippen molar-refractivity contribution >= 4 is 50.7 Å². The Bertz CT molecular complexity index is 1650. The second kappa shape index (κ2) is 15.2. The third kappa shape index (κ3) is 8.59. The van der Waals surface area contributed by atoms with Crippen LogP contribution in [0, 0.1) is 5.82 Å². The van der Waals surface area contributed by atoms with E-state index in [9.17, 15) is 22.4 Å². The number of rotatable bonds is 13. The highest BCUT2D eigenvalue weighted by atomic mass is 35.5. The third-order valence-corrected chi connectivity index (χ3v) is 9.06. The molecule has 0 saturated heterocycles. The van der Waals surface area contributed by atoms with Gasteiger partial charge in [-0.1, -0.05) is 90.8 Å². The molecule has 0 aliphatic heterocycles. The summed E-state index contributed by atoms with van der Waals surface area (Å²) in [6, 6.07) is 25.7. The van der Waals surface area contributed by atoms with Crippen LogP contribution in [0.1, 0.15) is 24.5 Å². The predicted molar refractivity (Wildman–Crippen MR) is 172 cm³/mol. The fourth-order valence-electron chi connectivity index (χ4n) is 4.64. The Balaban J connectivity index is 1.81. The second-order valence-corrected chi connectivity index (χ2v) is 12.8. The van der Waals surface area contributed by atoms with E-state index in [0.29, 0.717) is 18.5 Å². The molecule has 44 heavy (non-hydrogen) atoms. The first-order valence-electron chi connectivity index (χ1n) is 14.0. The van der Waals surface area contributed by atoms with Crippen LogP contribution in [0.2, 0.25) is 10.0 Å². The molecule has 0 spiro atoms. The minimum absolute atomic E-state index is 0.0458. The summed E-state index contributed by atoms with van der Waals surface area (Å²) in [5, 5.41) is 3.24. The normalized spacial score (nSPS) is 11.9. The molecule has 1 unspecified atom stereocenters. The van der Waals surface area contributed by atoms with Crippen LogP contribution < -0.4 is 9.62 Å². The quantitative estimate of drug-likeness (QED) is 0.178. The van der Waals surface area contributed by atoms with Crippen LogP contribution in [0.3, 0.4) is 0 Å². The number of nitrogens with zero attached hydrogens (tertiary/aromatic N) is 2. The summed E-state index contributed by atoms with van der Waals surface area (Å²) in [7, 11) is -4.30. The van der Waals surface area contributed by atoms with Crippen molar-refractivity contribution < 1.29 is 22.4 Å². The van der Waals surface area contributed by atoms with E-state index in [4.69, 9.17) is 23.2 Å². The summed E-state index contributed by atoms with van der Waals surface area (Å²) in [5.41, 5.74) is 1.44. The first-order chi connectivity index (χ1) is 21.1. The minimum atomic E-state index is -4.30. The number of halogens is 3. The topological polar surface area (TPSA) is 86.8 Å². The van der Waals surface area contributed by atoms with Gasteiger partial charge in [0.05, 0.1) is 10.6 Å². The monoisotopic (exact) mass is 655 g/mol. The van der Waals surface area contributed by atoms with Crippen molar-refractivity contribution in [1.29, 1.82) is 0 Å². The lowest BCUT2D eigenvalue weighted by Gasteiger charge is -2.34. The molecule has 0 aliphatic carbocycles. The van der Waals surface area contributed by atoms with Gasteiger partial charge < -0.3 is 10.2 Å². The lowest BCUT2D eigenvalue weighted by molar-refractivity contribution is -0.140. The van der Waals surface area contributed by atoms with E-state index >= 15 is 0 Å². The summed E-state index contributed by atoms with van der Waals surface area (Å²) in [5.74, 6) is -1.50. The third-order valence-electron chi connectivity index (χ3n) is 6.83. The Kier molecular flexibility index (Phi) is 11.4. The van der Waals surface area contributed by atoms with E-state index in [0.717, 1.165) is 9.87 Å². The van der Waals surface area contributed by atoms with E-state index < -0.39 is 40.2 Å². The SMILES string of the molecule is CCCNC(=O)C(Cc1ccccc1)N(Cc1ccc(F)cc1)C(=O)CN(c1cc(Cl)cc(Cl)c1)S(=O)(=O)c1ccccc1. The summed E-state index contributed by atoms with van der Waals surface area (Å²) in [6.07, 6.45) is 0.839. The summed E-state index contributed by atoms with van der Waals surface area (Å²) in [4.78, 5) is 29.3. The van der Waals surface area contributed by atoms with E-state index in [1.54, 1.807) is 18.2 Å². The molecule has 0 bridgehead atoms. The molecular weight excluding hydrogens is 624 g/mol. The molecule has 7 nitrogen and oxygen atoms in total. The number of hydrogen-bond donors (Lipinski definition) is 1. The molecular formula is C33H32Cl2FN3O4S. The lowest BCUT2D eigenvalue weighted by atomic mass is 10.0. The Hall–Kier alpha value is -3.92. The molecule has 230 valence electrons. The molecule has 0 aromatic heterocycles. The molecule has 0 saturated carbocycles. The fourth-order valence-corrected chi connectivity index (χ4v) is 6.57.